The number of hydrogen-bond acceptors (Lipinski definition) is 4. The van der Waals surface area contributed by atoms with Crippen LogP contribution in [0.2, 0.25) is 0 Å². The molecule has 1 heterocycles. The smallest absolute Gasteiger partial charge is 0.319 e. The Morgan fingerprint density at radius 3 is 2.48 bits per heavy atom. The van der Waals surface area contributed by atoms with E-state index in [1.807, 2.05) is 32.0 Å². The topological polar surface area (TPSA) is 105 Å². The number of hydrogen-bond donors (Lipinski definition) is 2. The van der Waals surface area contributed by atoms with Gasteiger partial charge in [-0.2, -0.15) is 0 Å². The summed E-state index contributed by atoms with van der Waals surface area (Å²) in [6.07, 6.45) is 0.223. The van der Waals surface area contributed by atoms with E-state index in [9.17, 15) is 19.7 Å². The lowest BCUT2D eigenvalue weighted by atomic mass is 10.1. The SMILES string of the molecule is Cc1ccc(N2CC(NC(=O)Nc3ccc([N+](=O)[O-])cc3)CC2=O)cc1C. The number of anilines is 2. The number of urea groups is 1. The molecule has 0 aromatic heterocycles. The molecule has 2 aromatic rings. The van der Waals surface area contributed by atoms with Crippen LogP contribution in [0.4, 0.5) is 21.9 Å². The minimum Gasteiger partial charge on any atom is -0.333 e. The van der Waals surface area contributed by atoms with Gasteiger partial charge in [0, 0.05) is 36.5 Å². The van der Waals surface area contributed by atoms with Crippen LogP contribution in [0.3, 0.4) is 0 Å². The van der Waals surface area contributed by atoms with Gasteiger partial charge in [0.2, 0.25) is 5.91 Å². The first-order valence-corrected chi connectivity index (χ1v) is 8.53. The Kier molecular flexibility index (Phi) is 5.07. The molecule has 0 spiro atoms. The first kappa shape index (κ1) is 18.4. The van der Waals surface area contributed by atoms with Crippen LogP contribution in [-0.2, 0) is 4.79 Å². The normalized spacial score (nSPS) is 16.3. The second kappa shape index (κ2) is 7.45. The number of carbonyl (C=O) groups is 2. The Balaban J connectivity index is 1.59. The van der Waals surface area contributed by atoms with E-state index in [0.717, 1.165) is 16.8 Å². The molecule has 1 saturated heterocycles. The molecule has 1 atom stereocenters. The van der Waals surface area contributed by atoms with Crippen LogP contribution in [0.1, 0.15) is 17.5 Å². The fourth-order valence-electron chi connectivity index (χ4n) is 2.97. The number of nitro groups is 1. The van der Waals surface area contributed by atoms with E-state index >= 15 is 0 Å². The van der Waals surface area contributed by atoms with E-state index < -0.39 is 11.0 Å². The summed E-state index contributed by atoms with van der Waals surface area (Å²) in [4.78, 5) is 36.3. The minimum atomic E-state index is -0.505. The van der Waals surface area contributed by atoms with Gasteiger partial charge in [-0.15, -0.1) is 0 Å². The number of nitro benzene ring substituents is 1. The number of carbonyl (C=O) groups excluding carboxylic acids is 2. The molecule has 1 fully saturated rings. The number of nitrogens with zero attached hydrogens (tertiary/aromatic N) is 2. The second-order valence-corrected chi connectivity index (χ2v) is 6.58. The van der Waals surface area contributed by atoms with Crippen LogP contribution < -0.4 is 15.5 Å². The highest BCUT2D eigenvalue weighted by atomic mass is 16.6. The van der Waals surface area contributed by atoms with Gasteiger partial charge >= 0.3 is 6.03 Å². The maximum atomic E-state index is 12.3. The molecule has 1 aliphatic heterocycles. The van der Waals surface area contributed by atoms with Gasteiger partial charge < -0.3 is 15.5 Å². The summed E-state index contributed by atoms with van der Waals surface area (Å²) < 4.78 is 0. The molecule has 1 unspecified atom stereocenters. The molecule has 3 rings (SSSR count). The van der Waals surface area contributed by atoms with Crippen molar-refractivity contribution in [3.05, 3.63) is 63.7 Å². The van der Waals surface area contributed by atoms with Gasteiger partial charge in [-0.25, -0.2) is 4.79 Å². The highest BCUT2D eigenvalue weighted by Gasteiger charge is 2.31. The lowest BCUT2D eigenvalue weighted by Crippen LogP contribution is -2.39. The molecule has 0 aliphatic carbocycles. The monoisotopic (exact) mass is 368 g/mol. The minimum absolute atomic E-state index is 0.0427. The molecule has 8 heteroatoms. The predicted octanol–water partition coefficient (Wildman–Crippen LogP) is 3.14. The van der Waals surface area contributed by atoms with Crippen LogP contribution >= 0.6 is 0 Å². The first-order chi connectivity index (χ1) is 12.8. The van der Waals surface area contributed by atoms with Crippen molar-refractivity contribution < 1.29 is 14.5 Å². The quantitative estimate of drug-likeness (QED) is 0.639. The summed E-state index contributed by atoms with van der Waals surface area (Å²) >= 11 is 0. The van der Waals surface area contributed by atoms with Crippen LogP contribution in [0.25, 0.3) is 0 Å². The van der Waals surface area contributed by atoms with Crippen molar-refractivity contribution in [3.63, 3.8) is 0 Å². The van der Waals surface area contributed by atoms with Crippen molar-refractivity contribution in [1.29, 1.82) is 0 Å². The van der Waals surface area contributed by atoms with Crippen LogP contribution in [0.5, 0.6) is 0 Å². The maximum Gasteiger partial charge on any atom is 0.319 e. The van der Waals surface area contributed by atoms with Crippen molar-refractivity contribution >= 4 is 29.0 Å². The zero-order valence-electron chi connectivity index (χ0n) is 15.1. The van der Waals surface area contributed by atoms with Gasteiger partial charge in [-0.1, -0.05) is 6.07 Å². The Morgan fingerprint density at radius 1 is 1.15 bits per heavy atom. The van der Waals surface area contributed by atoms with Crippen molar-refractivity contribution in [2.75, 3.05) is 16.8 Å². The third-order valence-electron chi connectivity index (χ3n) is 4.60. The van der Waals surface area contributed by atoms with Gasteiger partial charge in [0.15, 0.2) is 0 Å². The fraction of sp³-hybridized carbons (Fsp3) is 0.263. The summed E-state index contributed by atoms with van der Waals surface area (Å²) in [7, 11) is 0. The van der Waals surface area contributed by atoms with E-state index in [0.29, 0.717) is 12.2 Å². The summed E-state index contributed by atoms with van der Waals surface area (Å²) in [6.45, 7) is 4.40. The standard InChI is InChI=1S/C19H20N4O4/c1-12-3-6-17(9-13(12)2)22-11-15(10-18(22)24)21-19(25)20-14-4-7-16(8-5-14)23(26)27/h3-9,15H,10-11H2,1-2H3,(H2,20,21,25). The van der Waals surface area contributed by atoms with Crippen molar-refractivity contribution in [3.8, 4) is 0 Å². The molecule has 27 heavy (non-hydrogen) atoms. The molecule has 140 valence electrons. The Hall–Kier alpha value is -3.42. The fourth-order valence-corrected chi connectivity index (χ4v) is 2.97. The average molecular weight is 368 g/mol. The largest absolute Gasteiger partial charge is 0.333 e. The third kappa shape index (κ3) is 4.22. The van der Waals surface area contributed by atoms with Gasteiger partial charge in [0.05, 0.1) is 11.0 Å². The molecule has 0 saturated carbocycles. The van der Waals surface area contributed by atoms with Crippen LogP contribution in [-0.4, -0.2) is 29.4 Å². The Morgan fingerprint density at radius 2 is 1.85 bits per heavy atom. The van der Waals surface area contributed by atoms with Gasteiger partial charge in [0.1, 0.15) is 0 Å². The highest BCUT2D eigenvalue weighted by Crippen LogP contribution is 2.24. The molecule has 2 N–H and O–H groups in total. The Bertz CT molecular complexity index is 895. The molecule has 8 nitrogen and oxygen atoms in total. The number of aryl methyl sites for hydroxylation is 2. The van der Waals surface area contributed by atoms with Crippen LogP contribution in [0, 0.1) is 24.0 Å². The van der Waals surface area contributed by atoms with Crippen molar-refractivity contribution in [2.45, 2.75) is 26.3 Å². The number of nitrogens with one attached hydrogen (secondary N) is 2. The molecular formula is C19H20N4O4. The second-order valence-electron chi connectivity index (χ2n) is 6.58. The molecule has 1 aliphatic rings. The summed E-state index contributed by atoms with van der Waals surface area (Å²) in [5.41, 5.74) is 3.47. The highest BCUT2D eigenvalue weighted by molar-refractivity contribution is 5.97. The zero-order valence-corrected chi connectivity index (χ0v) is 15.1. The summed E-state index contributed by atoms with van der Waals surface area (Å²) in [5.74, 6) is -0.0427. The van der Waals surface area contributed by atoms with Crippen molar-refractivity contribution in [2.24, 2.45) is 0 Å². The van der Waals surface area contributed by atoms with Gasteiger partial charge in [-0.05, 0) is 49.2 Å². The molecule has 0 radical (unpaired) electrons. The zero-order chi connectivity index (χ0) is 19.6. The lowest BCUT2D eigenvalue weighted by molar-refractivity contribution is -0.384. The summed E-state index contributed by atoms with van der Waals surface area (Å²) in [6, 6.07) is 10.6. The van der Waals surface area contributed by atoms with E-state index in [1.54, 1.807) is 4.90 Å². The molecule has 0 bridgehead atoms. The number of benzene rings is 2. The summed E-state index contributed by atoms with van der Waals surface area (Å²) in [5, 5.41) is 16.0. The first-order valence-electron chi connectivity index (χ1n) is 8.53. The predicted molar refractivity (Wildman–Crippen MR) is 102 cm³/mol. The van der Waals surface area contributed by atoms with E-state index in [-0.39, 0.29) is 24.1 Å². The lowest BCUT2D eigenvalue weighted by Gasteiger charge is -2.18. The molecule has 3 amide bonds. The van der Waals surface area contributed by atoms with Crippen molar-refractivity contribution in [1.82, 2.24) is 5.32 Å². The van der Waals surface area contributed by atoms with E-state index in [1.165, 1.54) is 24.3 Å². The van der Waals surface area contributed by atoms with Gasteiger partial charge in [-0.3, -0.25) is 14.9 Å². The maximum absolute atomic E-state index is 12.3. The number of non-ortho nitro benzene ring substituents is 1. The van der Waals surface area contributed by atoms with E-state index in [4.69, 9.17) is 0 Å². The Labute approximate surface area is 156 Å². The van der Waals surface area contributed by atoms with Crippen LogP contribution in [0.15, 0.2) is 42.5 Å². The molecule has 2 aromatic carbocycles. The van der Waals surface area contributed by atoms with Gasteiger partial charge in [0.25, 0.3) is 5.69 Å². The number of rotatable bonds is 4. The number of amides is 3. The average Bonchev–Trinajstić information content (AvgIpc) is 2.97. The third-order valence-corrected chi connectivity index (χ3v) is 4.60. The molecular weight excluding hydrogens is 348 g/mol. The van der Waals surface area contributed by atoms with E-state index in [2.05, 4.69) is 10.6 Å².